The smallest absolute Gasteiger partial charge is 0.256 e. The predicted octanol–water partition coefficient (Wildman–Crippen LogP) is 3.26. The molecule has 0 radical (unpaired) electrons. The van der Waals surface area contributed by atoms with Gasteiger partial charge in [-0.2, -0.15) is 5.26 Å². The molecular weight excluding hydrogens is 274 g/mol. The van der Waals surface area contributed by atoms with Crippen molar-refractivity contribution in [2.75, 3.05) is 13.1 Å². The maximum Gasteiger partial charge on any atom is 0.256 e. The number of rotatable bonds is 4. The fourth-order valence-electron chi connectivity index (χ4n) is 2.09. The fourth-order valence-corrected chi connectivity index (χ4v) is 2.30. The zero-order valence-electron chi connectivity index (χ0n) is 11.1. The molecule has 0 saturated carbocycles. The van der Waals surface area contributed by atoms with Crippen LogP contribution in [-0.4, -0.2) is 28.9 Å². The van der Waals surface area contributed by atoms with E-state index in [-0.39, 0.29) is 5.91 Å². The molecule has 1 heterocycles. The highest BCUT2D eigenvalue weighted by Gasteiger charge is 2.17. The van der Waals surface area contributed by atoms with Crippen LogP contribution in [0.1, 0.15) is 23.7 Å². The van der Waals surface area contributed by atoms with Crippen molar-refractivity contribution in [3.8, 4) is 6.07 Å². The second-order valence-corrected chi connectivity index (χ2v) is 4.66. The minimum Gasteiger partial charge on any atom is -0.338 e. The van der Waals surface area contributed by atoms with Crippen LogP contribution in [0.25, 0.3) is 10.8 Å². The number of nitrogens with zero attached hydrogens (tertiary/aromatic N) is 3. The van der Waals surface area contributed by atoms with Crippen LogP contribution in [0.4, 0.5) is 0 Å². The van der Waals surface area contributed by atoms with E-state index >= 15 is 0 Å². The minimum absolute atomic E-state index is 0.122. The van der Waals surface area contributed by atoms with E-state index in [2.05, 4.69) is 11.1 Å². The Hall–Kier alpha value is -2.12. The predicted molar refractivity (Wildman–Crippen MR) is 78.6 cm³/mol. The quantitative estimate of drug-likeness (QED) is 0.811. The molecule has 20 heavy (non-hydrogen) atoms. The van der Waals surface area contributed by atoms with Crippen molar-refractivity contribution in [2.24, 2.45) is 0 Å². The molecule has 1 aromatic carbocycles. The molecule has 1 aromatic heterocycles. The van der Waals surface area contributed by atoms with Gasteiger partial charge >= 0.3 is 0 Å². The molecule has 0 saturated heterocycles. The Labute approximate surface area is 122 Å². The third-order valence-corrected chi connectivity index (χ3v) is 3.44. The topological polar surface area (TPSA) is 57.0 Å². The molecule has 0 unspecified atom stereocenters. The van der Waals surface area contributed by atoms with Crippen molar-refractivity contribution < 1.29 is 4.79 Å². The van der Waals surface area contributed by atoms with Crippen LogP contribution in [0.5, 0.6) is 0 Å². The summed E-state index contributed by atoms with van der Waals surface area (Å²) in [7, 11) is 0. The first kappa shape index (κ1) is 14.3. The van der Waals surface area contributed by atoms with Gasteiger partial charge in [-0.15, -0.1) is 0 Å². The SMILES string of the molecule is CCN(CCC#N)C(=O)c1cnc(Cl)c2ccccc12. The van der Waals surface area contributed by atoms with Gasteiger partial charge in [-0.05, 0) is 12.3 Å². The first-order chi connectivity index (χ1) is 9.69. The molecular formula is C15H14ClN3O. The average Bonchev–Trinajstić information content (AvgIpc) is 2.48. The largest absolute Gasteiger partial charge is 0.338 e. The van der Waals surface area contributed by atoms with E-state index in [9.17, 15) is 4.79 Å². The van der Waals surface area contributed by atoms with Gasteiger partial charge < -0.3 is 4.90 Å². The van der Waals surface area contributed by atoms with Crippen LogP contribution in [0.2, 0.25) is 5.15 Å². The molecule has 0 atom stereocenters. The number of hydrogen-bond acceptors (Lipinski definition) is 3. The van der Waals surface area contributed by atoms with Gasteiger partial charge in [0.1, 0.15) is 5.15 Å². The summed E-state index contributed by atoms with van der Waals surface area (Å²) in [6.07, 6.45) is 1.82. The van der Waals surface area contributed by atoms with Crippen molar-refractivity contribution in [1.29, 1.82) is 5.26 Å². The Kier molecular flexibility index (Phi) is 4.54. The maximum absolute atomic E-state index is 12.5. The molecule has 0 fully saturated rings. The first-order valence-electron chi connectivity index (χ1n) is 6.38. The molecule has 2 aromatic rings. The van der Waals surface area contributed by atoms with Gasteiger partial charge in [0.2, 0.25) is 0 Å². The number of amides is 1. The van der Waals surface area contributed by atoms with E-state index in [0.717, 1.165) is 10.8 Å². The van der Waals surface area contributed by atoms with E-state index < -0.39 is 0 Å². The van der Waals surface area contributed by atoms with Gasteiger partial charge in [-0.3, -0.25) is 4.79 Å². The summed E-state index contributed by atoms with van der Waals surface area (Å²) in [5.41, 5.74) is 0.518. The van der Waals surface area contributed by atoms with Gasteiger partial charge in [0.05, 0.1) is 18.1 Å². The summed E-state index contributed by atoms with van der Waals surface area (Å²) in [6, 6.07) is 9.47. The van der Waals surface area contributed by atoms with E-state index in [1.165, 1.54) is 6.20 Å². The summed E-state index contributed by atoms with van der Waals surface area (Å²) in [5, 5.41) is 10.6. The Balaban J connectivity index is 2.45. The van der Waals surface area contributed by atoms with Crippen LogP contribution in [0.3, 0.4) is 0 Å². The van der Waals surface area contributed by atoms with Crippen molar-refractivity contribution in [3.63, 3.8) is 0 Å². The van der Waals surface area contributed by atoms with E-state index in [1.807, 2.05) is 31.2 Å². The molecule has 0 aliphatic rings. The van der Waals surface area contributed by atoms with Crippen LogP contribution >= 0.6 is 11.6 Å². The normalized spacial score (nSPS) is 10.2. The van der Waals surface area contributed by atoms with Crippen molar-refractivity contribution >= 4 is 28.3 Å². The molecule has 102 valence electrons. The monoisotopic (exact) mass is 287 g/mol. The second-order valence-electron chi connectivity index (χ2n) is 4.30. The summed E-state index contributed by atoms with van der Waals surface area (Å²) >= 11 is 6.05. The number of carbonyl (C=O) groups is 1. The Bertz CT molecular complexity index is 678. The van der Waals surface area contributed by atoms with Crippen LogP contribution in [0.15, 0.2) is 30.5 Å². The molecule has 0 bridgehead atoms. The first-order valence-corrected chi connectivity index (χ1v) is 6.76. The van der Waals surface area contributed by atoms with Gasteiger partial charge in [-0.1, -0.05) is 35.9 Å². The lowest BCUT2D eigenvalue weighted by Crippen LogP contribution is -2.31. The van der Waals surface area contributed by atoms with E-state index in [0.29, 0.717) is 30.2 Å². The van der Waals surface area contributed by atoms with Crippen molar-refractivity contribution in [2.45, 2.75) is 13.3 Å². The van der Waals surface area contributed by atoms with Gasteiger partial charge in [0.25, 0.3) is 5.91 Å². The highest BCUT2D eigenvalue weighted by atomic mass is 35.5. The molecule has 0 spiro atoms. The Morgan fingerprint density at radius 3 is 2.75 bits per heavy atom. The lowest BCUT2D eigenvalue weighted by Gasteiger charge is -2.20. The van der Waals surface area contributed by atoms with Crippen LogP contribution in [-0.2, 0) is 0 Å². The fraction of sp³-hybridized carbons (Fsp3) is 0.267. The lowest BCUT2D eigenvalue weighted by molar-refractivity contribution is 0.0769. The number of fused-ring (bicyclic) bond motifs is 1. The molecule has 1 amide bonds. The summed E-state index contributed by atoms with van der Waals surface area (Å²) in [6.45, 7) is 2.86. The van der Waals surface area contributed by atoms with Gasteiger partial charge in [0, 0.05) is 24.7 Å². The molecule has 0 N–H and O–H groups in total. The van der Waals surface area contributed by atoms with Crippen molar-refractivity contribution in [3.05, 3.63) is 41.2 Å². The number of halogens is 1. The van der Waals surface area contributed by atoms with Gasteiger partial charge in [-0.25, -0.2) is 4.98 Å². The van der Waals surface area contributed by atoms with E-state index in [4.69, 9.17) is 16.9 Å². The Morgan fingerprint density at radius 2 is 2.10 bits per heavy atom. The third-order valence-electron chi connectivity index (χ3n) is 3.14. The highest BCUT2D eigenvalue weighted by molar-refractivity contribution is 6.34. The van der Waals surface area contributed by atoms with Gasteiger partial charge in [0.15, 0.2) is 0 Å². The van der Waals surface area contributed by atoms with Crippen LogP contribution < -0.4 is 0 Å². The zero-order chi connectivity index (χ0) is 14.5. The number of aromatic nitrogens is 1. The zero-order valence-corrected chi connectivity index (χ0v) is 11.9. The molecule has 5 heteroatoms. The molecule has 0 aliphatic carbocycles. The number of benzene rings is 1. The number of hydrogen-bond donors (Lipinski definition) is 0. The number of carbonyl (C=O) groups excluding carboxylic acids is 1. The third kappa shape index (κ3) is 2.73. The molecule has 4 nitrogen and oxygen atoms in total. The standard InChI is InChI=1S/C15H14ClN3O/c1-2-19(9-5-8-17)15(20)13-10-18-14(16)12-7-4-3-6-11(12)13/h3-4,6-7,10H,2,5,9H2,1H3. The number of nitriles is 1. The van der Waals surface area contributed by atoms with Crippen LogP contribution in [0, 0.1) is 11.3 Å². The minimum atomic E-state index is -0.122. The number of pyridine rings is 1. The second kappa shape index (κ2) is 6.36. The molecule has 2 rings (SSSR count). The highest BCUT2D eigenvalue weighted by Crippen LogP contribution is 2.25. The van der Waals surface area contributed by atoms with Crippen molar-refractivity contribution in [1.82, 2.24) is 9.88 Å². The summed E-state index contributed by atoms with van der Waals surface area (Å²) in [5.74, 6) is -0.122. The van der Waals surface area contributed by atoms with E-state index in [1.54, 1.807) is 4.90 Å². The lowest BCUT2D eigenvalue weighted by atomic mass is 10.1. The average molecular weight is 288 g/mol. The maximum atomic E-state index is 12.5. The summed E-state index contributed by atoms with van der Waals surface area (Å²) in [4.78, 5) is 18.3. The summed E-state index contributed by atoms with van der Waals surface area (Å²) < 4.78 is 0. The Morgan fingerprint density at radius 1 is 1.40 bits per heavy atom. The molecule has 0 aliphatic heterocycles.